The summed E-state index contributed by atoms with van der Waals surface area (Å²) in [5.74, 6) is -0.468. The van der Waals surface area contributed by atoms with Crippen molar-refractivity contribution in [3.8, 4) is 5.88 Å². The van der Waals surface area contributed by atoms with E-state index in [0.29, 0.717) is 40.4 Å². The molecule has 0 saturated carbocycles. The van der Waals surface area contributed by atoms with Crippen LogP contribution in [0.2, 0.25) is 0 Å². The minimum Gasteiger partial charge on any atom is -0.481 e. The molecule has 34 heavy (non-hydrogen) atoms. The first-order chi connectivity index (χ1) is 16.3. The molecule has 1 saturated heterocycles. The van der Waals surface area contributed by atoms with Gasteiger partial charge in [-0.15, -0.1) is 0 Å². The Hall–Kier alpha value is -3.72. The Bertz CT molecular complexity index is 1390. The maximum absolute atomic E-state index is 14.5. The van der Waals surface area contributed by atoms with Crippen LogP contribution in [0.1, 0.15) is 29.9 Å². The zero-order chi connectivity index (χ0) is 24.0. The van der Waals surface area contributed by atoms with E-state index in [2.05, 4.69) is 39.3 Å². The molecule has 1 aromatic carbocycles. The molecule has 2 N–H and O–H groups in total. The summed E-state index contributed by atoms with van der Waals surface area (Å²) >= 11 is 0. The number of nitrogens with zero attached hydrogens (tertiary/aromatic N) is 4. The standard InChI is InChI=1S/C25H27FN6O2/c1-14-10-31(11-15(2)27-14)21-7-5-19(23-18(21)6-8-22(30-23)34-4)25(33)29-17-9-20(26)24-28-16(3)12-32(24)13-17/h5-9,12-15,27H,10-11H2,1-4H3,(H,29,33)/t14-,15-/m1/s1. The molecule has 9 heteroatoms. The summed E-state index contributed by atoms with van der Waals surface area (Å²) in [5.41, 5.74) is 3.18. The van der Waals surface area contributed by atoms with E-state index >= 15 is 0 Å². The zero-order valence-corrected chi connectivity index (χ0v) is 19.6. The Morgan fingerprint density at radius 2 is 1.91 bits per heavy atom. The number of carbonyl (C=O) groups excluding carboxylic acids is 1. The number of hydrogen-bond acceptors (Lipinski definition) is 6. The van der Waals surface area contributed by atoms with Gasteiger partial charge in [0.25, 0.3) is 5.91 Å². The lowest BCUT2D eigenvalue weighted by Gasteiger charge is -2.38. The maximum atomic E-state index is 14.5. The van der Waals surface area contributed by atoms with Crippen LogP contribution < -0.4 is 20.3 Å². The van der Waals surface area contributed by atoms with E-state index in [1.165, 1.54) is 6.07 Å². The van der Waals surface area contributed by atoms with Crippen LogP contribution in [0.25, 0.3) is 16.6 Å². The summed E-state index contributed by atoms with van der Waals surface area (Å²) in [6.07, 6.45) is 3.35. The van der Waals surface area contributed by atoms with Gasteiger partial charge in [0.15, 0.2) is 11.5 Å². The van der Waals surface area contributed by atoms with Crippen molar-refractivity contribution in [2.75, 3.05) is 30.4 Å². The molecule has 0 bridgehead atoms. The Morgan fingerprint density at radius 3 is 2.65 bits per heavy atom. The highest BCUT2D eigenvalue weighted by atomic mass is 19.1. The Labute approximate surface area is 196 Å². The number of fused-ring (bicyclic) bond motifs is 2. The minimum absolute atomic E-state index is 0.219. The number of benzene rings is 1. The molecule has 0 spiro atoms. The third-order valence-electron chi connectivity index (χ3n) is 6.05. The summed E-state index contributed by atoms with van der Waals surface area (Å²) in [6, 6.07) is 9.41. The molecule has 4 aromatic rings. The first-order valence-corrected chi connectivity index (χ1v) is 11.3. The highest BCUT2D eigenvalue weighted by molar-refractivity contribution is 6.14. The van der Waals surface area contributed by atoms with Crippen molar-refractivity contribution in [2.24, 2.45) is 0 Å². The average Bonchev–Trinajstić information content (AvgIpc) is 3.18. The van der Waals surface area contributed by atoms with Crippen LogP contribution in [0.3, 0.4) is 0 Å². The Kier molecular flexibility index (Phi) is 5.57. The van der Waals surface area contributed by atoms with E-state index in [1.54, 1.807) is 43.0 Å². The number of anilines is 2. The molecule has 3 aromatic heterocycles. The van der Waals surface area contributed by atoms with E-state index in [4.69, 9.17) is 4.74 Å². The number of aryl methyl sites for hydroxylation is 1. The highest BCUT2D eigenvalue weighted by Crippen LogP contribution is 2.32. The fourth-order valence-corrected chi connectivity index (χ4v) is 4.73. The molecule has 8 nitrogen and oxygen atoms in total. The van der Waals surface area contributed by atoms with Gasteiger partial charge >= 0.3 is 0 Å². The van der Waals surface area contributed by atoms with Gasteiger partial charge in [0.05, 0.1) is 29.6 Å². The van der Waals surface area contributed by atoms with Crippen LogP contribution in [0.4, 0.5) is 15.8 Å². The molecule has 2 atom stereocenters. The van der Waals surface area contributed by atoms with Crippen molar-refractivity contribution in [3.63, 3.8) is 0 Å². The Balaban J connectivity index is 1.54. The molecule has 0 radical (unpaired) electrons. The molecule has 0 aliphatic carbocycles. The van der Waals surface area contributed by atoms with E-state index in [9.17, 15) is 9.18 Å². The molecule has 4 heterocycles. The average molecular weight is 463 g/mol. The van der Waals surface area contributed by atoms with Gasteiger partial charge in [-0.1, -0.05) is 0 Å². The summed E-state index contributed by atoms with van der Waals surface area (Å²) < 4.78 is 21.4. The number of pyridine rings is 2. The van der Waals surface area contributed by atoms with Gasteiger partial charge in [-0.05, 0) is 39.0 Å². The predicted molar refractivity (Wildman–Crippen MR) is 130 cm³/mol. The number of aromatic nitrogens is 3. The first-order valence-electron chi connectivity index (χ1n) is 11.3. The number of methoxy groups -OCH3 is 1. The number of hydrogen-bond donors (Lipinski definition) is 2. The van der Waals surface area contributed by atoms with Gasteiger partial charge in [-0.3, -0.25) is 4.79 Å². The number of amides is 1. The zero-order valence-electron chi connectivity index (χ0n) is 19.6. The molecular weight excluding hydrogens is 435 g/mol. The van der Waals surface area contributed by atoms with Crippen LogP contribution in [0.15, 0.2) is 42.7 Å². The fourth-order valence-electron chi connectivity index (χ4n) is 4.73. The number of rotatable bonds is 4. The first kappa shape index (κ1) is 22.1. The van der Waals surface area contributed by atoms with Gasteiger partial charge in [-0.25, -0.2) is 14.4 Å². The van der Waals surface area contributed by atoms with Crippen LogP contribution in [-0.4, -0.2) is 52.6 Å². The third kappa shape index (κ3) is 4.03. The van der Waals surface area contributed by atoms with E-state index in [0.717, 1.165) is 24.2 Å². The second kappa shape index (κ2) is 8.57. The monoisotopic (exact) mass is 462 g/mol. The number of ether oxygens (including phenoxy) is 1. The van der Waals surface area contributed by atoms with Crippen LogP contribution in [0, 0.1) is 12.7 Å². The van der Waals surface area contributed by atoms with Crippen LogP contribution in [0.5, 0.6) is 5.88 Å². The molecule has 1 fully saturated rings. The van der Waals surface area contributed by atoms with Gasteiger partial charge < -0.3 is 24.7 Å². The lowest BCUT2D eigenvalue weighted by Crippen LogP contribution is -2.54. The van der Waals surface area contributed by atoms with Gasteiger partial charge in [0.2, 0.25) is 5.88 Å². The topological polar surface area (TPSA) is 83.8 Å². The van der Waals surface area contributed by atoms with Crippen LogP contribution >= 0.6 is 0 Å². The number of piperazine rings is 1. The van der Waals surface area contributed by atoms with Crippen molar-refractivity contribution < 1.29 is 13.9 Å². The summed E-state index contributed by atoms with van der Waals surface area (Å²) in [6.45, 7) is 7.80. The highest BCUT2D eigenvalue weighted by Gasteiger charge is 2.24. The van der Waals surface area contributed by atoms with Gasteiger partial charge in [0, 0.05) is 60.8 Å². The van der Waals surface area contributed by atoms with E-state index in [-0.39, 0.29) is 11.6 Å². The maximum Gasteiger partial charge on any atom is 0.257 e. The lowest BCUT2D eigenvalue weighted by molar-refractivity contribution is 0.102. The minimum atomic E-state index is -0.507. The van der Waals surface area contributed by atoms with Gasteiger partial charge in [-0.2, -0.15) is 0 Å². The largest absolute Gasteiger partial charge is 0.481 e. The van der Waals surface area contributed by atoms with Crippen molar-refractivity contribution in [1.82, 2.24) is 19.7 Å². The van der Waals surface area contributed by atoms with Crippen molar-refractivity contribution in [1.29, 1.82) is 0 Å². The molecule has 1 aliphatic rings. The number of halogens is 1. The molecular formula is C25H27FN6O2. The lowest BCUT2D eigenvalue weighted by atomic mass is 10.0. The number of carbonyl (C=O) groups is 1. The van der Waals surface area contributed by atoms with Crippen molar-refractivity contribution >= 4 is 33.8 Å². The second-order valence-corrected chi connectivity index (χ2v) is 8.90. The number of nitrogens with one attached hydrogen (secondary N) is 2. The quantitative estimate of drug-likeness (QED) is 0.480. The van der Waals surface area contributed by atoms with E-state index < -0.39 is 5.82 Å². The van der Waals surface area contributed by atoms with E-state index in [1.807, 2.05) is 12.1 Å². The van der Waals surface area contributed by atoms with Crippen LogP contribution in [-0.2, 0) is 0 Å². The number of imidazole rings is 1. The smallest absolute Gasteiger partial charge is 0.257 e. The molecule has 1 amide bonds. The SMILES string of the molecule is COc1ccc2c(N3C[C@@H](C)N[C@H](C)C3)ccc(C(=O)Nc3cc(F)c4nc(C)cn4c3)c2n1. The van der Waals surface area contributed by atoms with Gasteiger partial charge in [0.1, 0.15) is 0 Å². The van der Waals surface area contributed by atoms with Crippen molar-refractivity contribution in [3.05, 3.63) is 59.8 Å². The second-order valence-electron chi connectivity index (χ2n) is 8.90. The molecule has 1 aliphatic heterocycles. The predicted octanol–water partition coefficient (Wildman–Crippen LogP) is 3.78. The Morgan fingerprint density at radius 1 is 1.15 bits per heavy atom. The normalized spacial score (nSPS) is 18.4. The summed E-state index contributed by atoms with van der Waals surface area (Å²) in [7, 11) is 1.54. The third-order valence-corrected chi connectivity index (χ3v) is 6.05. The molecule has 0 unspecified atom stereocenters. The fraction of sp³-hybridized carbons (Fsp3) is 0.320. The molecule has 5 rings (SSSR count). The summed E-state index contributed by atoms with van der Waals surface area (Å²) in [4.78, 5) is 24.4. The molecule has 176 valence electrons. The summed E-state index contributed by atoms with van der Waals surface area (Å²) in [5, 5.41) is 7.22. The van der Waals surface area contributed by atoms with Crippen molar-refractivity contribution in [2.45, 2.75) is 32.9 Å².